The number of halogens is 1. The quantitative estimate of drug-likeness (QED) is 0.779. The molecule has 0 aliphatic carbocycles. The Morgan fingerprint density at radius 2 is 1.92 bits per heavy atom. The molecule has 6 heteroatoms. The van der Waals surface area contributed by atoms with Gasteiger partial charge in [-0.05, 0) is 24.1 Å². The minimum absolute atomic E-state index is 0.213. The molecular formula is C19H22FN4S+. The summed E-state index contributed by atoms with van der Waals surface area (Å²) in [6.07, 6.45) is 2.89. The maximum atomic E-state index is 13.3. The van der Waals surface area contributed by atoms with Gasteiger partial charge in [0.15, 0.2) is 0 Å². The Labute approximate surface area is 150 Å². The molecule has 1 aliphatic rings. The van der Waals surface area contributed by atoms with Crippen LogP contribution in [0, 0.1) is 5.82 Å². The van der Waals surface area contributed by atoms with Crippen LogP contribution < -0.4 is 9.80 Å². The lowest BCUT2D eigenvalue weighted by Gasteiger charge is -2.33. The first kappa shape index (κ1) is 16.4. The molecule has 0 radical (unpaired) electrons. The third-order valence-corrected chi connectivity index (χ3v) is 5.77. The molecule has 1 N–H and O–H groups in total. The summed E-state index contributed by atoms with van der Waals surface area (Å²) in [5.74, 6) is 0.802. The highest BCUT2D eigenvalue weighted by molar-refractivity contribution is 7.17. The molecule has 2 aromatic heterocycles. The zero-order valence-corrected chi connectivity index (χ0v) is 15.2. The molecule has 25 heavy (non-hydrogen) atoms. The molecule has 1 saturated heterocycles. The van der Waals surface area contributed by atoms with Crippen molar-refractivity contribution in [3.05, 3.63) is 41.8 Å². The second-order valence-corrected chi connectivity index (χ2v) is 7.38. The SMILES string of the molecule is CCC[NH+]1CCN(c2ncnc3scc(-c4ccc(F)cc4)c23)CC1. The van der Waals surface area contributed by atoms with Crippen LogP contribution in [0.25, 0.3) is 21.3 Å². The largest absolute Gasteiger partial charge is 0.345 e. The van der Waals surface area contributed by atoms with Gasteiger partial charge in [0.2, 0.25) is 0 Å². The Bertz CT molecular complexity index is 853. The van der Waals surface area contributed by atoms with E-state index in [-0.39, 0.29) is 5.82 Å². The molecule has 0 spiro atoms. The molecule has 0 saturated carbocycles. The second kappa shape index (κ2) is 7.06. The van der Waals surface area contributed by atoms with Gasteiger partial charge in [0.1, 0.15) is 22.8 Å². The van der Waals surface area contributed by atoms with Crippen molar-refractivity contribution in [2.45, 2.75) is 13.3 Å². The first-order valence-electron chi connectivity index (χ1n) is 8.83. The predicted molar refractivity (Wildman–Crippen MR) is 101 cm³/mol. The minimum Gasteiger partial charge on any atom is -0.345 e. The van der Waals surface area contributed by atoms with E-state index in [9.17, 15) is 4.39 Å². The number of hydrogen-bond donors (Lipinski definition) is 1. The third kappa shape index (κ3) is 3.24. The van der Waals surface area contributed by atoms with Crippen LogP contribution in [0.15, 0.2) is 36.0 Å². The van der Waals surface area contributed by atoms with Crippen LogP contribution in [-0.2, 0) is 0 Å². The van der Waals surface area contributed by atoms with Crippen LogP contribution in [0.1, 0.15) is 13.3 Å². The van der Waals surface area contributed by atoms with Crippen LogP contribution in [0.4, 0.5) is 10.2 Å². The molecular weight excluding hydrogens is 335 g/mol. The van der Waals surface area contributed by atoms with Crippen molar-refractivity contribution in [3.8, 4) is 11.1 Å². The molecule has 1 fully saturated rings. The van der Waals surface area contributed by atoms with Crippen molar-refractivity contribution in [3.63, 3.8) is 0 Å². The van der Waals surface area contributed by atoms with Gasteiger partial charge < -0.3 is 9.80 Å². The van der Waals surface area contributed by atoms with E-state index in [1.807, 2.05) is 12.1 Å². The molecule has 3 aromatic rings. The summed E-state index contributed by atoms with van der Waals surface area (Å²) in [7, 11) is 0. The van der Waals surface area contributed by atoms with Crippen molar-refractivity contribution >= 4 is 27.4 Å². The topological polar surface area (TPSA) is 33.5 Å². The van der Waals surface area contributed by atoms with Crippen LogP contribution in [-0.4, -0.2) is 42.7 Å². The number of aromatic nitrogens is 2. The Hall–Kier alpha value is -2.05. The van der Waals surface area contributed by atoms with Crippen molar-refractivity contribution in [1.29, 1.82) is 0 Å². The molecule has 3 heterocycles. The Kier molecular flexibility index (Phi) is 4.63. The van der Waals surface area contributed by atoms with E-state index < -0.39 is 0 Å². The van der Waals surface area contributed by atoms with E-state index in [0.717, 1.165) is 53.3 Å². The number of hydrogen-bond acceptors (Lipinski definition) is 4. The van der Waals surface area contributed by atoms with E-state index in [4.69, 9.17) is 0 Å². The number of anilines is 1. The molecule has 1 aromatic carbocycles. The van der Waals surface area contributed by atoms with Gasteiger partial charge in [0, 0.05) is 10.9 Å². The molecule has 0 atom stereocenters. The van der Waals surface area contributed by atoms with Gasteiger partial charge >= 0.3 is 0 Å². The normalized spacial score (nSPS) is 15.8. The van der Waals surface area contributed by atoms with Gasteiger partial charge in [-0.3, -0.25) is 0 Å². The molecule has 130 valence electrons. The van der Waals surface area contributed by atoms with Crippen LogP contribution in [0.2, 0.25) is 0 Å². The van der Waals surface area contributed by atoms with E-state index in [1.165, 1.54) is 25.1 Å². The van der Waals surface area contributed by atoms with E-state index in [0.29, 0.717) is 0 Å². The smallest absolute Gasteiger partial charge is 0.141 e. The Morgan fingerprint density at radius 3 is 2.64 bits per heavy atom. The average molecular weight is 357 g/mol. The van der Waals surface area contributed by atoms with Crippen LogP contribution in [0.3, 0.4) is 0 Å². The summed E-state index contributed by atoms with van der Waals surface area (Å²) in [5, 5.41) is 3.20. The minimum atomic E-state index is -0.213. The van der Waals surface area contributed by atoms with Crippen molar-refractivity contribution < 1.29 is 9.29 Å². The molecule has 4 rings (SSSR count). The number of quaternary nitrogens is 1. The van der Waals surface area contributed by atoms with Gasteiger partial charge in [-0.25, -0.2) is 14.4 Å². The van der Waals surface area contributed by atoms with Crippen molar-refractivity contribution in [2.24, 2.45) is 0 Å². The van der Waals surface area contributed by atoms with Crippen LogP contribution >= 0.6 is 11.3 Å². The Morgan fingerprint density at radius 1 is 1.16 bits per heavy atom. The average Bonchev–Trinajstić information content (AvgIpc) is 3.08. The monoisotopic (exact) mass is 357 g/mol. The second-order valence-electron chi connectivity index (χ2n) is 6.52. The molecule has 0 bridgehead atoms. The summed E-state index contributed by atoms with van der Waals surface area (Å²) >= 11 is 1.62. The van der Waals surface area contributed by atoms with Gasteiger partial charge in [0.05, 0.1) is 38.1 Å². The number of rotatable bonds is 4. The fraction of sp³-hybridized carbons (Fsp3) is 0.368. The van der Waals surface area contributed by atoms with Crippen molar-refractivity contribution in [1.82, 2.24) is 9.97 Å². The van der Waals surface area contributed by atoms with Crippen LogP contribution in [0.5, 0.6) is 0 Å². The summed E-state index contributed by atoms with van der Waals surface area (Å²) in [6, 6.07) is 6.68. The third-order valence-electron chi connectivity index (χ3n) is 4.88. The zero-order valence-electron chi connectivity index (χ0n) is 14.3. The zero-order chi connectivity index (χ0) is 17.2. The number of benzene rings is 1. The molecule has 1 aliphatic heterocycles. The summed E-state index contributed by atoms with van der Waals surface area (Å²) < 4.78 is 13.3. The standard InChI is InChI=1S/C19H21FN4S/c1-2-7-23-8-10-24(11-9-23)18-17-16(12-25-19(17)22-13-21-18)14-3-5-15(20)6-4-14/h3-6,12-13H,2,7-11H2,1H3/p+1. The van der Waals surface area contributed by atoms with Crippen molar-refractivity contribution in [2.75, 3.05) is 37.6 Å². The Balaban J connectivity index is 1.70. The molecule has 0 unspecified atom stereocenters. The first-order valence-corrected chi connectivity index (χ1v) is 9.71. The number of piperazine rings is 1. The van der Waals surface area contributed by atoms with Gasteiger partial charge in [-0.2, -0.15) is 0 Å². The summed E-state index contributed by atoms with van der Waals surface area (Å²) in [5.41, 5.74) is 2.11. The highest BCUT2D eigenvalue weighted by Crippen LogP contribution is 2.37. The lowest BCUT2D eigenvalue weighted by Crippen LogP contribution is -3.14. The summed E-state index contributed by atoms with van der Waals surface area (Å²) in [4.78, 5) is 14.1. The highest BCUT2D eigenvalue weighted by Gasteiger charge is 2.23. The lowest BCUT2D eigenvalue weighted by atomic mass is 10.1. The number of nitrogens with zero attached hydrogens (tertiary/aromatic N) is 3. The number of fused-ring (bicyclic) bond motifs is 1. The van der Waals surface area contributed by atoms with Gasteiger partial charge in [-0.15, -0.1) is 11.3 Å². The lowest BCUT2D eigenvalue weighted by molar-refractivity contribution is -0.900. The predicted octanol–water partition coefficient (Wildman–Crippen LogP) is 2.61. The first-order chi connectivity index (χ1) is 12.3. The highest BCUT2D eigenvalue weighted by atomic mass is 32.1. The van der Waals surface area contributed by atoms with Gasteiger partial charge in [-0.1, -0.05) is 19.1 Å². The maximum absolute atomic E-state index is 13.3. The molecule has 0 amide bonds. The van der Waals surface area contributed by atoms with E-state index in [1.54, 1.807) is 22.6 Å². The summed E-state index contributed by atoms with van der Waals surface area (Å²) in [6.45, 7) is 7.81. The fourth-order valence-electron chi connectivity index (χ4n) is 3.58. The van der Waals surface area contributed by atoms with E-state index in [2.05, 4.69) is 27.2 Å². The number of thiophene rings is 1. The maximum Gasteiger partial charge on any atom is 0.141 e. The molecule has 4 nitrogen and oxygen atoms in total. The fourth-order valence-corrected chi connectivity index (χ4v) is 4.49. The number of nitrogens with one attached hydrogen (secondary N) is 1. The van der Waals surface area contributed by atoms with Gasteiger partial charge in [0.25, 0.3) is 0 Å². The van der Waals surface area contributed by atoms with E-state index >= 15 is 0 Å².